The zero-order chi connectivity index (χ0) is 19.6. The Morgan fingerprint density at radius 1 is 1.11 bits per heavy atom. The summed E-state index contributed by atoms with van der Waals surface area (Å²) in [5.41, 5.74) is 4.35. The minimum absolute atomic E-state index is 0.299. The minimum atomic E-state index is -0.299. The van der Waals surface area contributed by atoms with Gasteiger partial charge in [0.25, 0.3) is 5.91 Å². The van der Waals surface area contributed by atoms with Crippen LogP contribution in [0.1, 0.15) is 21.7 Å². The van der Waals surface area contributed by atoms with E-state index in [0.717, 1.165) is 22.5 Å². The smallest absolute Gasteiger partial charge is 0.276 e. The molecular weight excluding hydrogens is 344 g/mol. The van der Waals surface area contributed by atoms with Crippen LogP contribution in [0.25, 0.3) is 11.3 Å². The molecule has 0 aliphatic heterocycles. The van der Waals surface area contributed by atoms with Crippen molar-refractivity contribution in [1.82, 2.24) is 14.8 Å². The van der Waals surface area contributed by atoms with Crippen molar-refractivity contribution in [3.8, 4) is 22.8 Å². The third kappa shape index (κ3) is 3.76. The molecule has 0 fully saturated rings. The number of ether oxygens (including phenoxy) is 2. The Morgan fingerprint density at radius 3 is 2.56 bits per heavy atom. The van der Waals surface area contributed by atoms with Crippen LogP contribution in [0.3, 0.4) is 0 Å². The zero-order valence-electron chi connectivity index (χ0n) is 16.0. The lowest BCUT2D eigenvalue weighted by atomic mass is 10.1. The molecule has 0 unspecified atom stereocenters. The molecule has 0 saturated heterocycles. The molecule has 7 heteroatoms. The summed E-state index contributed by atoms with van der Waals surface area (Å²) in [6.45, 7) is 3.83. The monoisotopic (exact) mass is 366 g/mol. The lowest BCUT2D eigenvalue weighted by Gasteiger charge is -2.10. The highest BCUT2D eigenvalue weighted by Crippen LogP contribution is 2.33. The standard InChI is InChI=1S/C20H22N4O3/c1-12-8-13(2)21-11-17(12)22-20(25)16-10-18(24(3)23-16)15-9-14(26-4)6-7-19(15)27-5/h6-11H,1-5H3,(H,22,25). The number of carbonyl (C=O) groups is 1. The SMILES string of the molecule is COc1ccc(OC)c(-c2cc(C(=O)Nc3cnc(C)cc3C)nn2C)c1. The molecule has 7 nitrogen and oxygen atoms in total. The molecule has 0 spiro atoms. The van der Waals surface area contributed by atoms with Gasteiger partial charge < -0.3 is 14.8 Å². The predicted molar refractivity (Wildman–Crippen MR) is 103 cm³/mol. The van der Waals surface area contributed by atoms with E-state index < -0.39 is 0 Å². The molecule has 1 amide bonds. The van der Waals surface area contributed by atoms with Crippen molar-refractivity contribution in [3.05, 3.63) is 53.5 Å². The molecule has 0 saturated carbocycles. The molecular formula is C20H22N4O3. The first-order chi connectivity index (χ1) is 12.9. The summed E-state index contributed by atoms with van der Waals surface area (Å²) in [7, 11) is 4.98. The van der Waals surface area contributed by atoms with Crippen LogP contribution in [-0.2, 0) is 7.05 Å². The number of amides is 1. The van der Waals surface area contributed by atoms with Crippen molar-refractivity contribution in [3.63, 3.8) is 0 Å². The van der Waals surface area contributed by atoms with Crippen molar-refractivity contribution in [1.29, 1.82) is 0 Å². The molecule has 1 N–H and O–H groups in total. The number of pyridine rings is 1. The number of anilines is 1. The van der Waals surface area contributed by atoms with Gasteiger partial charge in [0, 0.05) is 18.3 Å². The Hall–Kier alpha value is -3.35. The van der Waals surface area contributed by atoms with E-state index in [4.69, 9.17) is 9.47 Å². The van der Waals surface area contributed by atoms with E-state index in [1.807, 2.05) is 38.1 Å². The Balaban J connectivity index is 1.93. The largest absolute Gasteiger partial charge is 0.497 e. The summed E-state index contributed by atoms with van der Waals surface area (Å²) in [6, 6.07) is 9.14. The predicted octanol–water partition coefficient (Wildman–Crippen LogP) is 3.37. The number of nitrogens with zero attached hydrogens (tertiary/aromatic N) is 3. The zero-order valence-corrected chi connectivity index (χ0v) is 16.0. The van der Waals surface area contributed by atoms with E-state index in [-0.39, 0.29) is 5.91 Å². The van der Waals surface area contributed by atoms with Gasteiger partial charge in [-0.05, 0) is 49.7 Å². The van der Waals surface area contributed by atoms with Crippen LogP contribution in [0, 0.1) is 13.8 Å². The quantitative estimate of drug-likeness (QED) is 0.749. The fraction of sp³-hybridized carbons (Fsp3) is 0.250. The fourth-order valence-corrected chi connectivity index (χ4v) is 2.86. The molecule has 3 aromatic rings. The lowest BCUT2D eigenvalue weighted by Crippen LogP contribution is -2.14. The molecule has 2 heterocycles. The average Bonchev–Trinajstić information content (AvgIpc) is 3.05. The maximum atomic E-state index is 12.7. The Labute approximate surface area is 158 Å². The lowest BCUT2D eigenvalue weighted by molar-refractivity contribution is 0.102. The van der Waals surface area contributed by atoms with Gasteiger partial charge in [-0.25, -0.2) is 0 Å². The molecule has 2 aromatic heterocycles. The minimum Gasteiger partial charge on any atom is -0.497 e. The van der Waals surface area contributed by atoms with Crippen molar-refractivity contribution in [2.75, 3.05) is 19.5 Å². The van der Waals surface area contributed by atoms with E-state index in [2.05, 4.69) is 15.4 Å². The van der Waals surface area contributed by atoms with Gasteiger partial charge in [0.05, 0.1) is 31.8 Å². The molecule has 1 aromatic carbocycles. The first-order valence-corrected chi connectivity index (χ1v) is 8.44. The third-order valence-electron chi connectivity index (χ3n) is 4.29. The second-order valence-corrected chi connectivity index (χ2v) is 6.20. The molecule has 0 atom stereocenters. The first kappa shape index (κ1) is 18.4. The second kappa shape index (κ2) is 7.49. The summed E-state index contributed by atoms with van der Waals surface area (Å²) in [5.74, 6) is 1.07. The van der Waals surface area contributed by atoms with Crippen LogP contribution in [0.4, 0.5) is 5.69 Å². The highest BCUT2D eigenvalue weighted by Gasteiger charge is 2.18. The van der Waals surface area contributed by atoms with E-state index in [1.165, 1.54) is 0 Å². The maximum absolute atomic E-state index is 12.7. The van der Waals surface area contributed by atoms with Gasteiger partial charge in [-0.1, -0.05) is 0 Å². The number of aryl methyl sites for hydroxylation is 3. The number of nitrogens with one attached hydrogen (secondary N) is 1. The maximum Gasteiger partial charge on any atom is 0.276 e. The number of carbonyl (C=O) groups excluding carboxylic acids is 1. The highest BCUT2D eigenvalue weighted by atomic mass is 16.5. The number of rotatable bonds is 5. The molecule has 0 aliphatic rings. The number of methoxy groups -OCH3 is 2. The van der Waals surface area contributed by atoms with Gasteiger partial charge in [-0.3, -0.25) is 14.5 Å². The van der Waals surface area contributed by atoms with Crippen LogP contribution in [0.15, 0.2) is 36.5 Å². The molecule has 27 heavy (non-hydrogen) atoms. The molecule has 3 rings (SSSR count). The van der Waals surface area contributed by atoms with Crippen molar-refractivity contribution in [2.24, 2.45) is 7.05 Å². The van der Waals surface area contributed by atoms with Gasteiger partial charge in [0.15, 0.2) is 5.69 Å². The summed E-state index contributed by atoms with van der Waals surface area (Å²) in [4.78, 5) is 16.9. The van der Waals surface area contributed by atoms with Crippen LogP contribution >= 0.6 is 0 Å². The van der Waals surface area contributed by atoms with Crippen molar-refractivity contribution < 1.29 is 14.3 Å². The Bertz CT molecular complexity index is 995. The number of aromatic nitrogens is 3. The molecule has 0 aliphatic carbocycles. The third-order valence-corrected chi connectivity index (χ3v) is 4.29. The fourth-order valence-electron chi connectivity index (χ4n) is 2.86. The second-order valence-electron chi connectivity index (χ2n) is 6.20. The Kier molecular flexibility index (Phi) is 5.12. The Morgan fingerprint density at radius 2 is 1.89 bits per heavy atom. The number of benzene rings is 1. The van der Waals surface area contributed by atoms with Crippen LogP contribution in [0.2, 0.25) is 0 Å². The molecule has 140 valence electrons. The molecule has 0 radical (unpaired) electrons. The van der Waals surface area contributed by atoms with E-state index >= 15 is 0 Å². The van der Waals surface area contributed by atoms with Gasteiger partial charge in [0.2, 0.25) is 0 Å². The van der Waals surface area contributed by atoms with Crippen LogP contribution in [-0.4, -0.2) is 34.9 Å². The van der Waals surface area contributed by atoms with Crippen molar-refractivity contribution >= 4 is 11.6 Å². The average molecular weight is 366 g/mol. The van der Waals surface area contributed by atoms with E-state index in [1.54, 1.807) is 38.2 Å². The number of hydrogen-bond acceptors (Lipinski definition) is 5. The van der Waals surface area contributed by atoms with Crippen molar-refractivity contribution in [2.45, 2.75) is 13.8 Å². The van der Waals surface area contributed by atoms with E-state index in [0.29, 0.717) is 22.9 Å². The summed E-state index contributed by atoms with van der Waals surface area (Å²) >= 11 is 0. The van der Waals surface area contributed by atoms with Gasteiger partial charge in [-0.15, -0.1) is 0 Å². The van der Waals surface area contributed by atoms with Crippen LogP contribution in [0.5, 0.6) is 11.5 Å². The first-order valence-electron chi connectivity index (χ1n) is 8.44. The van der Waals surface area contributed by atoms with E-state index in [9.17, 15) is 4.79 Å². The van der Waals surface area contributed by atoms with Gasteiger partial charge in [0.1, 0.15) is 11.5 Å². The van der Waals surface area contributed by atoms with Crippen LogP contribution < -0.4 is 14.8 Å². The summed E-state index contributed by atoms with van der Waals surface area (Å²) < 4.78 is 12.4. The summed E-state index contributed by atoms with van der Waals surface area (Å²) in [6.07, 6.45) is 1.65. The topological polar surface area (TPSA) is 78.3 Å². The van der Waals surface area contributed by atoms with Gasteiger partial charge >= 0.3 is 0 Å². The summed E-state index contributed by atoms with van der Waals surface area (Å²) in [5, 5.41) is 7.21. The van der Waals surface area contributed by atoms with Gasteiger partial charge in [-0.2, -0.15) is 5.10 Å². The number of hydrogen-bond donors (Lipinski definition) is 1. The molecule has 0 bridgehead atoms. The normalized spacial score (nSPS) is 10.6. The highest BCUT2D eigenvalue weighted by molar-refractivity contribution is 6.03.